The number of hydrogen-bond acceptors (Lipinski definition) is 3. The Bertz CT molecular complexity index is 4660. The molecule has 2 aliphatic carbocycles. The van der Waals surface area contributed by atoms with Crippen molar-refractivity contribution in [1.29, 1.82) is 0 Å². The Kier molecular flexibility index (Phi) is 10.7. The zero-order valence-electron chi connectivity index (χ0n) is 45.2. The van der Waals surface area contributed by atoms with Gasteiger partial charge in [-0.05, 0) is 112 Å². The van der Waals surface area contributed by atoms with Crippen molar-refractivity contribution in [2.75, 3.05) is 0 Å². The monoisotopic (exact) mass is 1070 g/mol. The summed E-state index contributed by atoms with van der Waals surface area (Å²) in [6.07, 6.45) is 0. The minimum Gasteiger partial charge on any atom is -0.242 e. The highest BCUT2D eigenvalue weighted by Gasteiger charge is 2.49. The van der Waals surface area contributed by atoms with Crippen molar-refractivity contribution in [3.63, 3.8) is 0 Å². The van der Waals surface area contributed by atoms with E-state index < -0.39 is 10.8 Å². The lowest BCUT2D eigenvalue weighted by Gasteiger charge is -2.34. The molecular formula is C80H50N2S. The van der Waals surface area contributed by atoms with Gasteiger partial charge in [-0.15, -0.1) is 11.3 Å². The minimum atomic E-state index is -0.578. The maximum atomic E-state index is 6.11. The molecule has 83 heavy (non-hydrogen) atoms. The van der Waals surface area contributed by atoms with Crippen LogP contribution in [-0.2, 0) is 10.8 Å². The van der Waals surface area contributed by atoms with Crippen LogP contribution in [0.4, 0.5) is 0 Å². The molecule has 3 heteroatoms. The van der Waals surface area contributed by atoms with E-state index in [1.54, 1.807) is 0 Å². The highest BCUT2D eigenvalue weighted by molar-refractivity contribution is 7.21. The number of nitrogens with zero attached hydrogens (tertiary/aromatic N) is 2. The average molecular weight is 1070 g/mol. The lowest BCUT2D eigenvalue weighted by atomic mass is 9.67. The van der Waals surface area contributed by atoms with Crippen molar-refractivity contribution in [1.82, 2.24) is 9.97 Å². The van der Waals surface area contributed by atoms with Crippen LogP contribution in [-0.4, -0.2) is 9.97 Å². The molecule has 0 radical (unpaired) electrons. The summed E-state index contributed by atoms with van der Waals surface area (Å²) in [4.78, 5) is 14.4. The van der Waals surface area contributed by atoms with Gasteiger partial charge in [0.2, 0.25) is 0 Å². The second-order valence-corrected chi connectivity index (χ2v) is 23.2. The van der Waals surface area contributed by atoms with Crippen molar-refractivity contribution in [3.8, 4) is 65.4 Å². The Morgan fingerprint density at radius 2 is 0.542 bits per heavy atom. The summed E-state index contributed by atoms with van der Waals surface area (Å²) in [5.74, 6) is 0. The zero-order valence-corrected chi connectivity index (χ0v) is 46.0. The van der Waals surface area contributed by atoms with E-state index in [9.17, 15) is 0 Å². The van der Waals surface area contributed by atoms with E-state index in [4.69, 9.17) is 9.97 Å². The van der Waals surface area contributed by atoms with E-state index in [2.05, 4.69) is 303 Å². The average Bonchev–Trinajstić information content (AvgIpc) is 2.00. The van der Waals surface area contributed by atoms with Gasteiger partial charge in [0.1, 0.15) is 11.0 Å². The van der Waals surface area contributed by atoms with Crippen LogP contribution in [0.2, 0.25) is 0 Å². The topological polar surface area (TPSA) is 25.8 Å². The number of thiophene rings is 1. The molecule has 0 saturated carbocycles. The van der Waals surface area contributed by atoms with Crippen LogP contribution in [0.1, 0.15) is 44.5 Å². The number of rotatable bonds is 8. The highest BCUT2D eigenvalue weighted by Crippen LogP contribution is 2.62. The van der Waals surface area contributed by atoms with Crippen LogP contribution < -0.4 is 0 Å². The lowest BCUT2D eigenvalue weighted by molar-refractivity contribution is 0.768. The number of hydrogen-bond donors (Lipinski definition) is 0. The fourth-order valence-corrected chi connectivity index (χ4v) is 15.9. The molecule has 15 aromatic rings. The molecule has 17 rings (SSSR count). The lowest BCUT2D eigenvalue weighted by Crippen LogP contribution is -2.28. The molecule has 386 valence electrons. The van der Waals surface area contributed by atoms with Gasteiger partial charge >= 0.3 is 0 Å². The van der Waals surface area contributed by atoms with E-state index in [-0.39, 0.29) is 0 Å². The Morgan fingerprint density at radius 3 is 0.916 bits per heavy atom. The first-order valence-corrected chi connectivity index (χ1v) is 29.5. The van der Waals surface area contributed by atoms with Gasteiger partial charge in [0.05, 0.1) is 31.6 Å². The van der Waals surface area contributed by atoms with Crippen LogP contribution in [0.25, 0.3) is 109 Å². The van der Waals surface area contributed by atoms with E-state index in [0.717, 1.165) is 75.6 Å². The molecule has 0 amide bonds. The quantitative estimate of drug-likeness (QED) is 0.142. The molecule has 0 spiro atoms. The van der Waals surface area contributed by atoms with Gasteiger partial charge in [-0.3, -0.25) is 0 Å². The normalized spacial score (nSPS) is 13.5. The van der Waals surface area contributed by atoms with Gasteiger partial charge < -0.3 is 0 Å². The molecular weight excluding hydrogens is 1020 g/mol. The van der Waals surface area contributed by atoms with Gasteiger partial charge in [0.25, 0.3) is 0 Å². The predicted molar refractivity (Wildman–Crippen MR) is 346 cm³/mol. The number of fused-ring (bicyclic) bond motifs is 13. The summed E-state index contributed by atoms with van der Waals surface area (Å²) in [5.41, 5.74) is 24.3. The maximum Gasteiger partial charge on any atom is 0.109 e. The van der Waals surface area contributed by atoms with E-state index in [0.29, 0.717) is 0 Å². The standard InChI is InChI=1S/C80H50N2S/c1-7-25-51(26-8-1)53-45-47-59-65(49-53)66-50-54(52-27-9-2-10-28-52)46-48-60(66)74-73(59)81-75-76(82-74)78(64-40-24-44-70-72(64)62-38-20-22-42-68(62)80(70,57-33-15-5-16-34-57)58-35-17-6-18-36-58)83-77(75)63-39-23-43-69-71(63)61-37-19-21-41-67(61)79(69,55-29-11-3-12-30-55)56-31-13-4-14-32-56/h1-50H. The van der Waals surface area contributed by atoms with Gasteiger partial charge in [-0.1, -0.05) is 291 Å². The summed E-state index contributed by atoms with van der Waals surface area (Å²) < 4.78 is 0. The summed E-state index contributed by atoms with van der Waals surface area (Å²) in [6.45, 7) is 0. The van der Waals surface area contributed by atoms with E-state index in [1.165, 1.54) is 77.9 Å². The molecule has 13 aromatic carbocycles. The fraction of sp³-hybridized carbons (Fsp3) is 0.0250. The largest absolute Gasteiger partial charge is 0.242 e. The summed E-state index contributed by atoms with van der Waals surface area (Å²) in [6, 6.07) is 112. The molecule has 0 unspecified atom stereocenters. The molecule has 0 N–H and O–H groups in total. The second-order valence-electron chi connectivity index (χ2n) is 22.1. The molecule has 0 atom stereocenters. The Morgan fingerprint density at radius 1 is 0.229 bits per heavy atom. The smallest absolute Gasteiger partial charge is 0.109 e. The van der Waals surface area contributed by atoms with E-state index in [1.807, 2.05) is 11.3 Å². The molecule has 0 saturated heterocycles. The van der Waals surface area contributed by atoms with Gasteiger partial charge in [-0.25, -0.2) is 9.97 Å². The van der Waals surface area contributed by atoms with Crippen molar-refractivity contribution in [3.05, 3.63) is 348 Å². The SMILES string of the molecule is c1ccc(-c2ccc3c(c2)c2cc(-c4ccccc4)ccc2c2nc4c(-c5cccc6c5-c5ccccc5C6(c5ccccc5)c5ccccc5)sc(-c5cccc6c5-c5ccccc5C6(c5ccccc5)c5ccccc5)c4nc32)cc1. The summed E-state index contributed by atoms with van der Waals surface area (Å²) in [7, 11) is 0. The Balaban J connectivity index is 1.01. The third-order valence-electron chi connectivity index (χ3n) is 18.0. The van der Waals surface area contributed by atoms with Crippen molar-refractivity contribution < 1.29 is 0 Å². The minimum absolute atomic E-state index is 0.578. The molecule has 0 bridgehead atoms. The molecule has 2 aliphatic rings. The fourth-order valence-electron chi connectivity index (χ4n) is 14.6. The third kappa shape index (κ3) is 6.83. The van der Waals surface area contributed by atoms with E-state index >= 15 is 0 Å². The second kappa shape index (κ2) is 18.6. The van der Waals surface area contributed by atoms with Gasteiger partial charge in [-0.2, -0.15) is 0 Å². The Labute approximate surface area is 486 Å². The third-order valence-corrected chi connectivity index (χ3v) is 19.3. The van der Waals surface area contributed by atoms with Crippen LogP contribution in [0.5, 0.6) is 0 Å². The van der Waals surface area contributed by atoms with Gasteiger partial charge in [0, 0.05) is 21.9 Å². The van der Waals surface area contributed by atoms with Crippen molar-refractivity contribution in [2.24, 2.45) is 0 Å². The molecule has 0 fully saturated rings. The zero-order chi connectivity index (χ0) is 54.6. The first kappa shape index (κ1) is 47.5. The number of benzene rings is 13. The number of aromatic nitrogens is 2. The Hall–Kier alpha value is -10.3. The van der Waals surface area contributed by atoms with Gasteiger partial charge in [0.15, 0.2) is 0 Å². The van der Waals surface area contributed by atoms with Crippen LogP contribution >= 0.6 is 11.3 Å². The summed E-state index contributed by atoms with van der Waals surface area (Å²) in [5, 5.41) is 4.45. The molecule has 2 heterocycles. The maximum absolute atomic E-state index is 6.11. The summed E-state index contributed by atoms with van der Waals surface area (Å²) >= 11 is 1.84. The van der Waals surface area contributed by atoms with Crippen molar-refractivity contribution >= 4 is 54.9 Å². The molecule has 2 aromatic heterocycles. The van der Waals surface area contributed by atoms with Crippen LogP contribution in [0.15, 0.2) is 303 Å². The van der Waals surface area contributed by atoms with Crippen molar-refractivity contribution in [2.45, 2.75) is 10.8 Å². The molecule has 0 aliphatic heterocycles. The van der Waals surface area contributed by atoms with Crippen LogP contribution in [0, 0.1) is 0 Å². The van der Waals surface area contributed by atoms with Crippen LogP contribution in [0.3, 0.4) is 0 Å². The molecule has 2 nitrogen and oxygen atoms in total. The first-order chi connectivity index (χ1) is 41.2. The highest BCUT2D eigenvalue weighted by atomic mass is 32.1. The first-order valence-electron chi connectivity index (χ1n) is 28.6. The predicted octanol–water partition coefficient (Wildman–Crippen LogP) is 20.5.